The topological polar surface area (TPSA) is 75.3 Å². The predicted octanol–water partition coefficient (Wildman–Crippen LogP) is 3.92. The first-order valence-corrected chi connectivity index (χ1v) is 9.69. The summed E-state index contributed by atoms with van der Waals surface area (Å²) in [5, 5.41) is 2.97. The zero-order valence-electron chi connectivity index (χ0n) is 13.9. The van der Waals surface area contributed by atoms with Crippen LogP contribution in [0.1, 0.15) is 18.1 Å². The number of carbonyl (C=O) groups is 1. The van der Waals surface area contributed by atoms with Crippen LogP contribution in [0.3, 0.4) is 0 Å². The van der Waals surface area contributed by atoms with Crippen LogP contribution in [0.25, 0.3) is 0 Å². The highest BCUT2D eigenvalue weighted by atomic mass is 35.5. The fraction of sp³-hybridized carbons (Fsp3) is 0.235. The lowest BCUT2D eigenvalue weighted by Gasteiger charge is -2.16. The summed E-state index contributed by atoms with van der Waals surface area (Å²) in [5.41, 5.74) is 2.59. The number of halogens is 2. The first-order chi connectivity index (χ1) is 11.6. The van der Waals surface area contributed by atoms with E-state index < -0.39 is 22.0 Å². The van der Waals surface area contributed by atoms with Crippen molar-refractivity contribution in [3.63, 3.8) is 0 Å². The Hall–Kier alpha value is -1.60. The largest absolute Gasteiger partial charge is 0.324 e. The summed E-state index contributed by atoms with van der Waals surface area (Å²) in [5.74, 6) is -0.478. The second kappa shape index (κ2) is 7.74. The van der Waals surface area contributed by atoms with Crippen LogP contribution in [-0.4, -0.2) is 20.4 Å². The van der Waals surface area contributed by atoms with E-state index in [1.807, 2.05) is 26.0 Å². The van der Waals surface area contributed by atoms with Crippen molar-refractivity contribution in [3.8, 4) is 0 Å². The van der Waals surface area contributed by atoms with Gasteiger partial charge in [-0.05, 0) is 50.6 Å². The minimum Gasteiger partial charge on any atom is -0.324 e. The van der Waals surface area contributed by atoms with E-state index in [0.717, 1.165) is 11.1 Å². The molecule has 0 heterocycles. The molecule has 0 unspecified atom stereocenters. The lowest BCUT2D eigenvalue weighted by Crippen LogP contribution is -2.41. The molecule has 2 N–H and O–H groups in total. The van der Waals surface area contributed by atoms with E-state index >= 15 is 0 Å². The van der Waals surface area contributed by atoms with Crippen LogP contribution in [0.2, 0.25) is 10.0 Å². The van der Waals surface area contributed by atoms with Crippen molar-refractivity contribution in [1.82, 2.24) is 4.72 Å². The van der Waals surface area contributed by atoms with Crippen molar-refractivity contribution in [3.05, 3.63) is 57.6 Å². The molecule has 134 valence electrons. The van der Waals surface area contributed by atoms with Crippen molar-refractivity contribution in [2.24, 2.45) is 0 Å². The average Bonchev–Trinajstić information content (AvgIpc) is 2.51. The predicted molar refractivity (Wildman–Crippen MR) is 101 cm³/mol. The summed E-state index contributed by atoms with van der Waals surface area (Å²) < 4.78 is 27.2. The standard InChI is InChI=1S/C17H18Cl2N2O3S/c1-10-4-7-15(11(2)8-10)20-17(22)12(3)21-25(23,24)16-9-13(18)5-6-14(16)19/h4-9,12,21H,1-3H3,(H,20,22)/t12-/m0/s1. The molecule has 2 aromatic rings. The third-order valence-electron chi connectivity index (χ3n) is 3.55. The van der Waals surface area contributed by atoms with Gasteiger partial charge in [-0.2, -0.15) is 4.72 Å². The Morgan fingerprint density at radius 3 is 2.40 bits per heavy atom. The summed E-state index contributed by atoms with van der Waals surface area (Å²) in [6.45, 7) is 5.27. The normalized spacial score (nSPS) is 12.7. The lowest BCUT2D eigenvalue weighted by molar-refractivity contribution is -0.117. The molecule has 8 heteroatoms. The van der Waals surface area contributed by atoms with Gasteiger partial charge in [-0.1, -0.05) is 40.9 Å². The van der Waals surface area contributed by atoms with Crippen LogP contribution in [0.5, 0.6) is 0 Å². The first-order valence-electron chi connectivity index (χ1n) is 7.45. The first kappa shape index (κ1) is 19.7. The van der Waals surface area contributed by atoms with E-state index in [2.05, 4.69) is 10.0 Å². The number of sulfonamides is 1. The number of aryl methyl sites for hydroxylation is 2. The number of hydrogen-bond acceptors (Lipinski definition) is 3. The van der Waals surface area contributed by atoms with Gasteiger partial charge < -0.3 is 5.32 Å². The third kappa shape index (κ3) is 4.95. The molecule has 5 nitrogen and oxygen atoms in total. The van der Waals surface area contributed by atoms with Crippen LogP contribution >= 0.6 is 23.2 Å². The van der Waals surface area contributed by atoms with Crippen LogP contribution in [0.15, 0.2) is 41.3 Å². The quantitative estimate of drug-likeness (QED) is 0.798. The molecule has 0 saturated heterocycles. The number of amides is 1. The Kier molecular flexibility index (Phi) is 6.11. The molecule has 0 fully saturated rings. The van der Waals surface area contributed by atoms with Crippen LogP contribution in [-0.2, 0) is 14.8 Å². The van der Waals surface area contributed by atoms with Crippen molar-refractivity contribution in [2.75, 3.05) is 5.32 Å². The monoisotopic (exact) mass is 400 g/mol. The highest BCUT2D eigenvalue weighted by molar-refractivity contribution is 7.89. The van der Waals surface area contributed by atoms with Crippen molar-refractivity contribution in [2.45, 2.75) is 31.7 Å². The Balaban J connectivity index is 2.16. The molecule has 1 atom stereocenters. The summed E-state index contributed by atoms with van der Waals surface area (Å²) in [6, 6.07) is 8.68. The summed E-state index contributed by atoms with van der Waals surface area (Å²) in [6.07, 6.45) is 0. The molecule has 0 aliphatic carbocycles. The maximum atomic E-state index is 12.4. The van der Waals surface area contributed by atoms with Gasteiger partial charge in [-0.15, -0.1) is 0 Å². The maximum Gasteiger partial charge on any atom is 0.242 e. The number of rotatable bonds is 5. The Morgan fingerprint density at radius 2 is 1.76 bits per heavy atom. The van der Waals surface area contributed by atoms with Gasteiger partial charge in [0.15, 0.2) is 0 Å². The molecule has 1 amide bonds. The van der Waals surface area contributed by atoms with Crippen LogP contribution < -0.4 is 10.0 Å². The molecule has 2 aromatic carbocycles. The molecule has 0 radical (unpaired) electrons. The molecule has 0 spiro atoms. The summed E-state index contributed by atoms with van der Waals surface area (Å²) in [4.78, 5) is 12.1. The van der Waals surface area contributed by atoms with Gasteiger partial charge in [-0.25, -0.2) is 8.42 Å². The van der Waals surface area contributed by atoms with Gasteiger partial charge in [0.25, 0.3) is 0 Å². The molecule has 0 bridgehead atoms. The number of carbonyl (C=O) groups excluding carboxylic acids is 1. The fourth-order valence-corrected chi connectivity index (χ4v) is 4.19. The van der Waals surface area contributed by atoms with E-state index in [1.165, 1.54) is 25.1 Å². The third-order valence-corrected chi connectivity index (χ3v) is 5.81. The minimum atomic E-state index is -3.99. The van der Waals surface area contributed by atoms with Gasteiger partial charge in [0.1, 0.15) is 4.90 Å². The van der Waals surface area contributed by atoms with Gasteiger partial charge >= 0.3 is 0 Å². The van der Waals surface area contributed by atoms with Gasteiger partial charge in [0.05, 0.1) is 11.1 Å². The van der Waals surface area contributed by atoms with E-state index in [9.17, 15) is 13.2 Å². The second-order valence-corrected chi connectivity index (χ2v) is 8.25. The highest BCUT2D eigenvalue weighted by Crippen LogP contribution is 2.25. The van der Waals surface area contributed by atoms with Gasteiger partial charge in [0, 0.05) is 10.7 Å². The maximum absolute atomic E-state index is 12.4. The average molecular weight is 401 g/mol. The molecule has 0 aromatic heterocycles. The molecule has 25 heavy (non-hydrogen) atoms. The number of hydrogen-bond donors (Lipinski definition) is 2. The van der Waals surface area contributed by atoms with Crippen LogP contribution in [0.4, 0.5) is 5.69 Å². The molecule has 0 aliphatic heterocycles. The Bertz CT molecular complexity index is 914. The van der Waals surface area contributed by atoms with E-state index in [-0.39, 0.29) is 14.9 Å². The molecule has 0 saturated carbocycles. The zero-order chi connectivity index (χ0) is 18.8. The molecular formula is C17H18Cl2N2O3S. The number of benzene rings is 2. The summed E-state index contributed by atoms with van der Waals surface area (Å²) in [7, 11) is -3.99. The SMILES string of the molecule is Cc1ccc(NC(=O)[C@H](C)NS(=O)(=O)c2cc(Cl)ccc2Cl)c(C)c1. The fourth-order valence-electron chi connectivity index (χ4n) is 2.23. The molecular weight excluding hydrogens is 383 g/mol. The Morgan fingerprint density at radius 1 is 1.08 bits per heavy atom. The van der Waals surface area contributed by atoms with Crippen LogP contribution in [0, 0.1) is 13.8 Å². The smallest absolute Gasteiger partial charge is 0.242 e. The zero-order valence-corrected chi connectivity index (χ0v) is 16.3. The van der Waals surface area contributed by atoms with Crippen molar-refractivity contribution < 1.29 is 13.2 Å². The van der Waals surface area contributed by atoms with E-state index in [1.54, 1.807) is 6.07 Å². The van der Waals surface area contributed by atoms with E-state index in [0.29, 0.717) is 5.69 Å². The minimum absolute atomic E-state index is 0.0267. The lowest BCUT2D eigenvalue weighted by atomic mass is 10.1. The van der Waals surface area contributed by atoms with Gasteiger partial charge in [0.2, 0.25) is 15.9 Å². The van der Waals surface area contributed by atoms with Crippen molar-refractivity contribution in [1.29, 1.82) is 0 Å². The van der Waals surface area contributed by atoms with E-state index in [4.69, 9.17) is 23.2 Å². The summed E-state index contributed by atoms with van der Waals surface area (Å²) >= 11 is 11.8. The molecule has 2 rings (SSSR count). The number of nitrogens with one attached hydrogen (secondary N) is 2. The molecule has 0 aliphatic rings. The Labute approximate surface area is 157 Å². The number of anilines is 1. The second-order valence-electron chi connectivity index (χ2n) is 5.73. The van der Waals surface area contributed by atoms with Crippen molar-refractivity contribution >= 4 is 44.8 Å². The highest BCUT2D eigenvalue weighted by Gasteiger charge is 2.24. The van der Waals surface area contributed by atoms with Gasteiger partial charge in [-0.3, -0.25) is 4.79 Å².